The molecule has 0 spiro atoms. The van der Waals surface area contributed by atoms with E-state index in [-0.39, 0.29) is 11.4 Å². The number of aromatic nitrogens is 3. The number of nitrogens with one attached hydrogen (secondary N) is 1. The number of rotatable bonds is 3. The molecule has 0 atom stereocenters. The molecule has 0 aliphatic carbocycles. The van der Waals surface area contributed by atoms with Crippen LogP contribution in [0.4, 0.5) is 19.0 Å². The van der Waals surface area contributed by atoms with E-state index in [1.54, 1.807) is 10.7 Å². The van der Waals surface area contributed by atoms with Crippen LogP contribution in [0.2, 0.25) is 0 Å². The molecular formula is C24H15F3N4O. The number of carbonyl (C=O) groups is 1. The summed E-state index contributed by atoms with van der Waals surface area (Å²) in [5.41, 5.74) is 0.878. The molecule has 0 radical (unpaired) electrons. The van der Waals surface area contributed by atoms with Crippen molar-refractivity contribution in [1.29, 1.82) is 0 Å². The van der Waals surface area contributed by atoms with Gasteiger partial charge in [0.25, 0.3) is 5.91 Å². The summed E-state index contributed by atoms with van der Waals surface area (Å²) in [5.74, 6) is -0.523. The molecule has 0 fully saturated rings. The number of nitrogens with zero attached hydrogens (tertiary/aromatic N) is 3. The second-order valence-electron chi connectivity index (χ2n) is 7.18. The molecule has 2 aromatic heterocycles. The molecule has 5 rings (SSSR count). The Morgan fingerprint density at radius 3 is 2.41 bits per heavy atom. The first-order valence-corrected chi connectivity index (χ1v) is 9.72. The summed E-state index contributed by atoms with van der Waals surface area (Å²) < 4.78 is 40.8. The Morgan fingerprint density at radius 1 is 0.875 bits per heavy atom. The van der Waals surface area contributed by atoms with Crippen LogP contribution in [0.25, 0.3) is 27.5 Å². The minimum absolute atomic E-state index is 0.120. The van der Waals surface area contributed by atoms with Gasteiger partial charge in [0, 0.05) is 22.5 Å². The molecule has 1 amide bonds. The van der Waals surface area contributed by atoms with Crippen LogP contribution >= 0.6 is 0 Å². The predicted octanol–water partition coefficient (Wildman–Crippen LogP) is 5.84. The van der Waals surface area contributed by atoms with Crippen molar-refractivity contribution in [2.24, 2.45) is 0 Å². The van der Waals surface area contributed by atoms with Gasteiger partial charge in [-0.05, 0) is 36.4 Å². The Kier molecular flexibility index (Phi) is 4.62. The van der Waals surface area contributed by atoms with E-state index >= 15 is 0 Å². The SMILES string of the molecule is O=C(Nc1nc2ccccc2c2cn(-c3ccccc3)nc12)c1cccc(C(F)(F)F)c1. The molecule has 2 heterocycles. The number of hydrogen-bond donors (Lipinski definition) is 1. The van der Waals surface area contributed by atoms with E-state index in [0.717, 1.165) is 28.6 Å². The highest BCUT2D eigenvalue weighted by atomic mass is 19.4. The van der Waals surface area contributed by atoms with Gasteiger partial charge in [0.2, 0.25) is 0 Å². The molecule has 0 aliphatic heterocycles. The fourth-order valence-corrected chi connectivity index (χ4v) is 3.53. The van der Waals surface area contributed by atoms with E-state index in [2.05, 4.69) is 15.4 Å². The first kappa shape index (κ1) is 19.7. The Hall–Kier alpha value is -4.20. The molecule has 8 heteroatoms. The molecule has 32 heavy (non-hydrogen) atoms. The van der Waals surface area contributed by atoms with E-state index in [0.29, 0.717) is 11.0 Å². The molecule has 158 valence electrons. The number of fused-ring (bicyclic) bond motifs is 3. The monoisotopic (exact) mass is 432 g/mol. The average Bonchev–Trinajstić information content (AvgIpc) is 3.25. The third kappa shape index (κ3) is 3.56. The summed E-state index contributed by atoms with van der Waals surface area (Å²) >= 11 is 0. The lowest BCUT2D eigenvalue weighted by molar-refractivity contribution is -0.137. The number of halogens is 3. The van der Waals surface area contributed by atoms with Crippen LogP contribution in [0.3, 0.4) is 0 Å². The van der Waals surface area contributed by atoms with Crippen molar-refractivity contribution in [1.82, 2.24) is 14.8 Å². The van der Waals surface area contributed by atoms with Crippen LogP contribution in [0, 0.1) is 0 Å². The summed E-state index contributed by atoms with van der Waals surface area (Å²) in [6, 6.07) is 21.1. The van der Waals surface area contributed by atoms with Gasteiger partial charge in [0.15, 0.2) is 5.82 Å². The summed E-state index contributed by atoms with van der Waals surface area (Å²) in [7, 11) is 0. The molecule has 0 bridgehead atoms. The lowest BCUT2D eigenvalue weighted by atomic mass is 10.1. The number of pyridine rings is 1. The number of para-hydroxylation sites is 2. The van der Waals surface area contributed by atoms with Gasteiger partial charge in [-0.25, -0.2) is 9.67 Å². The fourth-order valence-electron chi connectivity index (χ4n) is 3.53. The molecule has 0 aliphatic rings. The summed E-state index contributed by atoms with van der Waals surface area (Å²) in [6.45, 7) is 0. The molecule has 5 aromatic rings. The van der Waals surface area contributed by atoms with E-state index < -0.39 is 17.6 Å². The Labute approximate surface area is 180 Å². The van der Waals surface area contributed by atoms with E-state index in [9.17, 15) is 18.0 Å². The second-order valence-corrected chi connectivity index (χ2v) is 7.18. The van der Waals surface area contributed by atoms with Gasteiger partial charge in [0.05, 0.1) is 16.8 Å². The van der Waals surface area contributed by atoms with Crippen LogP contribution in [0.15, 0.2) is 85.1 Å². The fraction of sp³-hybridized carbons (Fsp3) is 0.0417. The highest BCUT2D eigenvalue weighted by Gasteiger charge is 2.31. The van der Waals surface area contributed by atoms with Crippen LogP contribution < -0.4 is 5.32 Å². The van der Waals surface area contributed by atoms with Gasteiger partial charge >= 0.3 is 6.18 Å². The van der Waals surface area contributed by atoms with Gasteiger partial charge in [-0.2, -0.15) is 18.3 Å². The smallest absolute Gasteiger partial charge is 0.305 e. The number of amides is 1. The molecule has 0 unspecified atom stereocenters. The van der Waals surface area contributed by atoms with Crippen molar-refractivity contribution < 1.29 is 18.0 Å². The maximum atomic E-state index is 13.0. The van der Waals surface area contributed by atoms with Gasteiger partial charge in [0.1, 0.15) is 5.52 Å². The number of hydrogen-bond acceptors (Lipinski definition) is 3. The Bertz CT molecular complexity index is 1460. The minimum atomic E-state index is -4.54. The molecule has 1 N–H and O–H groups in total. The summed E-state index contributed by atoms with van der Waals surface area (Å²) in [4.78, 5) is 17.3. The second kappa shape index (κ2) is 7.49. The minimum Gasteiger partial charge on any atom is -0.305 e. The standard InChI is InChI=1S/C24H15F3N4O/c25-24(26,27)16-8-6-7-15(13-16)23(32)29-22-21-19(18-11-4-5-12-20(18)28-22)14-31(30-21)17-9-2-1-3-10-17/h1-14H,(H,28,29,32). The van der Waals surface area contributed by atoms with Crippen LogP contribution in [0.5, 0.6) is 0 Å². The van der Waals surface area contributed by atoms with Gasteiger partial charge in [-0.1, -0.05) is 42.5 Å². The third-order valence-electron chi connectivity index (χ3n) is 5.07. The topological polar surface area (TPSA) is 59.8 Å². The first-order chi connectivity index (χ1) is 15.4. The highest BCUT2D eigenvalue weighted by Crippen LogP contribution is 2.31. The number of benzene rings is 3. The average molecular weight is 432 g/mol. The normalized spacial score (nSPS) is 11.7. The van der Waals surface area contributed by atoms with Gasteiger partial charge < -0.3 is 5.32 Å². The van der Waals surface area contributed by atoms with Crippen molar-refractivity contribution in [3.8, 4) is 5.69 Å². The van der Waals surface area contributed by atoms with Crippen molar-refractivity contribution in [3.63, 3.8) is 0 Å². The van der Waals surface area contributed by atoms with Crippen LogP contribution in [-0.4, -0.2) is 20.7 Å². The van der Waals surface area contributed by atoms with Crippen molar-refractivity contribution >= 4 is 33.5 Å². The van der Waals surface area contributed by atoms with Crippen molar-refractivity contribution in [2.45, 2.75) is 6.18 Å². The zero-order valence-electron chi connectivity index (χ0n) is 16.5. The third-order valence-corrected chi connectivity index (χ3v) is 5.07. The van der Waals surface area contributed by atoms with Crippen LogP contribution in [0.1, 0.15) is 15.9 Å². The number of carbonyl (C=O) groups excluding carboxylic acids is 1. The number of alkyl halides is 3. The zero-order valence-corrected chi connectivity index (χ0v) is 16.5. The zero-order chi connectivity index (χ0) is 22.3. The van der Waals surface area contributed by atoms with E-state index in [1.807, 2.05) is 54.7 Å². The Morgan fingerprint density at radius 2 is 1.62 bits per heavy atom. The predicted molar refractivity (Wildman–Crippen MR) is 116 cm³/mol. The van der Waals surface area contributed by atoms with E-state index in [1.165, 1.54) is 12.1 Å². The quantitative estimate of drug-likeness (QED) is 0.389. The van der Waals surface area contributed by atoms with Gasteiger partial charge in [-0.15, -0.1) is 0 Å². The lowest BCUT2D eigenvalue weighted by Gasteiger charge is -2.10. The maximum absolute atomic E-state index is 13.0. The summed E-state index contributed by atoms with van der Waals surface area (Å²) in [5, 5.41) is 8.85. The van der Waals surface area contributed by atoms with E-state index in [4.69, 9.17) is 0 Å². The summed E-state index contributed by atoms with van der Waals surface area (Å²) in [6.07, 6.45) is -2.70. The first-order valence-electron chi connectivity index (χ1n) is 9.72. The molecular weight excluding hydrogens is 417 g/mol. The molecule has 0 saturated heterocycles. The van der Waals surface area contributed by atoms with Crippen molar-refractivity contribution in [3.05, 3.63) is 96.2 Å². The van der Waals surface area contributed by atoms with Crippen molar-refractivity contribution in [2.75, 3.05) is 5.32 Å². The number of anilines is 1. The Balaban J connectivity index is 1.62. The highest BCUT2D eigenvalue weighted by molar-refractivity contribution is 6.13. The maximum Gasteiger partial charge on any atom is 0.416 e. The molecule has 3 aromatic carbocycles. The largest absolute Gasteiger partial charge is 0.416 e. The molecule has 5 nitrogen and oxygen atoms in total. The molecule has 0 saturated carbocycles. The van der Waals surface area contributed by atoms with Gasteiger partial charge in [-0.3, -0.25) is 4.79 Å². The van der Waals surface area contributed by atoms with Crippen LogP contribution in [-0.2, 0) is 6.18 Å². The lowest BCUT2D eigenvalue weighted by Crippen LogP contribution is -2.15.